The Morgan fingerprint density at radius 3 is 2.64 bits per heavy atom. The van der Waals surface area contributed by atoms with Gasteiger partial charge in [0.1, 0.15) is 17.0 Å². The summed E-state index contributed by atoms with van der Waals surface area (Å²) >= 11 is 6.76. The quantitative estimate of drug-likeness (QED) is 0.455. The number of halogens is 3. The van der Waals surface area contributed by atoms with Gasteiger partial charge >= 0.3 is 6.09 Å². The van der Waals surface area contributed by atoms with Gasteiger partial charge in [-0.2, -0.15) is 4.37 Å². The Balaban J connectivity index is 1.55. The lowest BCUT2D eigenvalue weighted by Gasteiger charge is -2.37. The summed E-state index contributed by atoms with van der Waals surface area (Å²) in [5.41, 5.74) is 0.922. The van der Waals surface area contributed by atoms with E-state index in [4.69, 9.17) is 16.3 Å². The highest BCUT2D eigenvalue weighted by atomic mass is 35.5. The summed E-state index contributed by atoms with van der Waals surface area (Å²) in [5.74, 6) is -3.23. The lowest BCUT2D eigenvalue weighted by Crippen LogP contribution is -2.44. The molecule has 36 heavy (non-hydrogen) atoms. The van der Waals surface area contributed by atoms with Crippen molar-refractivity contribution in [3.8, 4) is 5.75 Å². The van der Waals surface area contributed by atoms with Crippen molar-refractivity contribution < 1.29 is 31.8 Å². The minimum Gasteiger partial charge on any atom is -0.490 e. The minimum atomic E-state index is -4.44. The molecule has 1 saturated heterocycles. The highest BCUT2D eigenvalue weighted by Gasteiger charge is 2.34. The summed E-state index contributed by atoms with van der Waals surface area (Å²) in [7, 11) is -3.29. The first-order valence-corrected chi connectivity index (χ1v) is 13.3. The van der Waals surface area contributed by atoms with E-state index in [1.807, 2.05) is 12.1 Å². The van der Waals surface area contributed by atoms with Gasteiger partial charge < -0.3 is 14.7 Å². The Morgan fingerprint density at radius 1 is 1.28 bits per heavy atom. The molecule has 1 N–H and O–H groups in total. The van der Waals surface area contributed by atoms with E-state index in [0.717, 1.165) is 30.5 Å². The van der Waals surface area contributed by atoms with Crippen LogP contribution in [-0.2, 0) is 10.0 Å². The number of aromatic nitrogens is 2. The van der Waals surface area contributed by atoms with Crippen molar-refractivity contribution in [1.29, 1.82) is 0 Å². The van der Waals surface area contributed by atoms with Gasteiger partial charge in [0.15, 0.2) is 11.6 Å². The molecule has 192 valence electrons. The number of amides is 1. The van der Waals surface area contributed by atoms with Crippen LogP contribution in [0.1, 0.15) is 17.9 Å². The van der Waals surface area contributed by atoms with Crippen molar-refractivity contribution in [2.75, 3.05) is 31.0 Å². The molecule has 14 heteroatoms. The van der Waals surface area contributed by atoms with Crippen molar-refractivity contribution >= 4 is 44.4 Å². The number of carbonyl (C=O) groups is 1. The van der Waals surface area contributed by atoms with Gasteiger partial charge in [-0.25, -0.2) is 31.3 Å². The van der Waals surface area contributed by atoms with Crippen LogP contribution in [-0.4, -0.2) is 60.6 Å². The second-order valence-corrected chi connectivity index (χ2v) is 11.3. The number of hydrogen-bond donors (Lipinski definition) is 1. The average Bonchev–Trinajstić information content (AvgIpc) is 3.39. The van der Waals surface area contributed by atoms with Crippen LogP contribution in [0.4, 0.5) is 18.7 Å². The summed E-state index contributed by atoms with van der Waals surface area (Å²) in [6.07, 6.45) is 0.572. The zero-order valence-electron chi connectivity index (χ0n) is 18.8. The molecule has 0 saturated carbocycles. The first kappa shape index (κ1) is 26.0. The van der Waals surface area contributed by atoms with Crippen molar-refractivity contribution in [2.45, 2.75) is 17.2 Å². The Kier molecular flexibility index (Phi) is 7.62. The fourth-order valence-corrected chi connectivity index (χ4v) is 6.12. The Bertz CT molecular complexity index is 1340. The van der Waals surface area contributed by atoms with Gasteiger partial charge in [0, 0.05) is 54.7 Å². The number of piperidine rings is 1. The third-order valence-electron chi connectivity index (χ3n) is 6.00. The van der Waals surface area contributed by atoms with E-state index in [-0.39, 0.29) is 30.1 Å². The number of ether oxygens (including phenoxy) is 1. The molecule has 2 aromatic carbocycles. The van der Waals surface area contributed by atoms with Crippen molar-refractivity contribution in [3.63, 3.8) is 0 Å². The molecule has 1 aliphatic rings. The number of rotatable bonds is 7. The molecule has 1 amide bonds. The maximum Gasteiger partial charge on any atom is 0.407 e. The summed E-state index contributed by atoms with van der Waals surface area (Å²) < 4.78 is 65.3. The highest BCUT2D eigenvalue weighted by Crippen LogP contribution is 2.35. The topological polar surface area (TPSA) is 113 Å². The first-order chi connectivity index (χ1) is 17.1. The van der Waals surface area contributed by atoms with Crippen LogP contribution in [0.25, 0.3) is 0 Å². The van der Waals surface area contributed by atoms with Crippen molar-refractivity contribution in [2.24, 2.45) is 5.92 Å². The lowest BCUT2D eigenvalue weighted by molar-refractivity contribution is 0.0927. The summed E-state index contributed by atoms with van der Waals surface area (Å²) in [6, 6.07) is 8.36. The van der Waals surface area contributed by atoms with E-state index in [1.165, 1.54) is 4.90 Å². The number of likely N-dealkylation sites (tertiary alicyclic amines) is 1. The van der Waals surface area contributed by atoms with E-state index in [2.05, 4.69) is 9.36 Å². The highest BCUT2D eigenvalue weighted by molar-refractivity contribution is 7.93. The fraction of sp³-hybridized carbons (Fsp3) is 0.318. The predicted molar refractivity (Wildman–Crippen MR) is 129 cm³/mol. The van der Waals surface area contributed by atoms with Crippen LogP contribution in [0.15, 0.2) is 47.6 Å². The second kappa shape index (κ2) is 10.5. The van der Waals surface area contributed by atoms with Gasteiger partial charge in [-0.1, -0.05) is 23.7 Å². The molecule has 4 rings (SSSR count). The monoisotopic (exact) mass is 558 g/mol. The van der Waals surface area contributed by atoms with E-state index in [9.17, 15) is 27.1 Å². The SMILES string of the molecule is CN(c1ncns1)S(=O)(=O)c1cc(F)c(OCC2CN(C(=O)O)CCC2c2ccc(Cl)cc2)cc1F. The van der Waals surface area contributed by atoms with E-state index < -0.39 is 38.4 Å². The molecule has 1 aliphatic heterocycles. The minimum absolute atomic E-state index is 0.0105. The molecular formula is C22H21ClF2N4O5S2. The van der Waals surface area contributed by atoms with Crippen molar-refractivity contribution in [1.82, 2.24) is 14.3 Å². The normalized spacial score (nSPS) is 18.2. The number of nitrogens with zero attached hydrogens (tertiary/aromatic N) is 4. The molecule has 2 unspecified atom stereocenters. The number of sulfonamides is 1. The standard InChI is InChI=1S/C22H21ClF2N4O5S2/c1-28(21-26-12-27-35-21)36(32,33)20-9-17(24)19(8-18(20)25)34-11-14-10-29(22(30)31)7-6-16(14)13-2-4-15(23)5-3-13/h2-5,8-9,12,14,16H,6-7,10-11H2,1H3,(H,30,31). The van der Waals surface area contributed by atoms with E-state index in [0.29, 0.717) is 34.4 Å². The lowest BCUT2D eigenvalue weighted by atomic mass is 9.81. The molecule has 1 aromatic heterocycles. The number of hydrogen-bond acceptors (Lipinski definition) is 7. The third-order valence-corrected chi connectivity index (χ3v) is 8.87. The molecule has 0 spiro atoms. The largest absolute Gasteiger partial charge is 0.490 e. The van der Waals surface area contributed by atoms with E-state index >= 15 is 0 Å². The van der Waals surface area contributed by atoms with Crippen LogP contribution in [0, 0.1) is 17.6 Å². The van der Waals surface area contributed by atoms with Gasteiger partial charge in [-0.3, -0.25) is 0 Å². The summed E-state index contributed by atoms with van der Waals surface area (Å²) in [5, 5.41) is 9.97. The Morgan fingerprint density at radius 2 is 2.00 bits per heavy atom. The second-order valence-electron chi connectivity index (χ2n) is 8.16. The van der Waals surface area contributed by atoms with Gasteiger partial charge in [-0.15, -0.1) is 0 Å². The van der Waals surface area contributed by atoms with Gasteiger partial charge in [-0.05, 0) is 30.0 Å². The predicted octanol–water partition coefficient (Wildman–Crippen LogP) is 4.46. The molecule has 0 aliphatic carbocycles. The molecule has 1 fully saturated rings. The molecule has 0 bridgehead atoms. The molecule has 2 atom stereocenters. The maximum atomic E-state index is 14.9. The maximum absolute atomic E-state index is 14.9. The van der Waals surface area contributed by atoms with Crippen molar-refractivity contribution in [3.05, 3.63) is 64.9 Å². The van der Waals surface area contributed by atoms with Gasteiger partial charge in [0.25, 0.3) is 10.0 Å². The first-order valence-electron chi connectivity index (χ1n) is 10.7. The van der Waals surface area contributed by atoms with Crippen LogP contribution in [0.5, 0.6) is 5.75 Å². The Labute approximate surface area is 215 Å². The van der Waals surface area contributed by atoms with Gasteiger partial charge in [0.05, 0.1) is 6.61 Å². The van der Waals surface area contributed by atoms with Gasteiger partial charge in [0.2, 0.25) is 5.13 Å². The number of benzene rings is 2. The number of anilines is 1. The zero-order chi connectivity index (χ0) is 26.0. The number of carboxylic acid groups (broad SMARTS) is 1. The van der Waals surface area contributed by atoms with Crippen LogP contribution in [0.3, 0.4) is 0 Å². The Hall–Kier alpha value is -3.03. The van der Waals surface area contributed by atoms with Crippen LogP contribution >= 0.6 is 23.1 Å². The summed E-state index contributed by atoms with van der Waals surface area (Å²) in [6.45, 7) is 0.326. The molecule has 3 aromatic rings. The third kappa shape index (κ3) is 5.37. The van der Waals surface area contributed by atoms with Crippen LogP contribution < -0.4 is 9.04 Å². The van der Waals surface area contributed by atoms with E-state index in [1.54, 1.807) is 12.1 Å². The fourth-order valence-electron chi connectivity index (χ4n) is 4.10. The smallest absolute Gasteiger partial charge is 0.407 e. The molecule has 2 heterocycles. The molecule has 0 radical (unpaired) electrons. The average molecular weight is 559 g/mol. The zero-order valence-corrected chi connectivity index (χ0v) is 21.2. The molecular weight excluding hydrogens is 538 g/mol. The summed E-state index contributed by atoms with van der Waals surface area (Å²) in [4.78, 5) is 15.7. The van der Waals surface area contributed by atoms with Crippen LogP contribution in [0.2, 0.25) is 5.02 Å². The molecule has 9 nitrogen and oxygen atoms in total.